The van der Waals surface area contributed by atoms with Gasteiger partial charge in [-0.2, -0.15) is 0 Å². The Labute approximate surface area is 127 Å². The molecule has 0 aliphatic rings. The van der Waals surface area contributed by atoms with Gasteiger partial charge >= 0.3 is 0 Å². The maximum atomic E-state index is 4.54. The van der Waals surface area contributed by atoms with E-state index in [0.29, 0.717) is 0 Å². The molecule has 0 unspecified atom stereocenters. The number of benzene rings is 1. The van der Waals surface area contributed by atoms with Crippen LogP contribution in [0.3, 0.4) is 0 Å². The van der Waals surface area contributed by atoms with Gasteiger partial charge < -0.3 is 5.32 Å². The van der Waals surface area contributed by atoms with Crippen LogP contribution >= 0.6 is 0 Å². The predicted molar refractivity (Wildman–Crippen MR) is 89.6 cm³/mol. The summed E-state index contributed by atoms with van der Waals surface area (Å²) < 4.78 is 0. The van der Waals surface area contributed by atoms with Crippen LogP contribution in [-0.4, -0.2) is 16.5 Å². The van der Waals surface area contributed by atoms with Gasteiger partial charge in [0.05, 0.1) is 5.69 Å². The number of nitrogens with zero attached hydrogens (tertiary/aromatic N) is 2. The van der Waals surface area contributed by atoms with E-state index in [1.54, 1.807) is 6.33 Å². The SMILES string of the molecule is CCCNc1ncnc(-c2cccc(CCC)c2)c1CC. The van der Waals surface area contributed by atoms with Crippen molar-refractivity contribution in [1.29, 1.82) is 0 Å². The molecule has 0 aliphatic carbocycles. The van der Waals surface area contributed by atoms with Crippen LogP contribution in [0.5, 0.6) is 0 Å². The fourth-order valence-electron chi connectivity index (χ4n) is 2.55. The quantitative estimate of drug-likeness (QED) is 0.814. The van der Waals surface area contributed by atoms with E-state index in [2.05, 4.69) is 60.3 Å². The summed E-state index contributed by atoms with van der Waals surface area (Å²) in [5, 5.41) is 3.41. The van der Waals surface area contributed by atoms with Crippen LogP contribution in [0, 0.1) is 0 Å². The summed E-state index contributed by atoms with van der Waals surface area (Å²) in [5.74, 6) is 0.977. The molecule has 0 radical (unpaired) electrons. The summed E-state index contributed by atoms with van der Waals surface area (Å²) in [5.41, 5.74) is 4.84. The highest BCUT2D eigenvalue weighted by Gasteiger charge is 2.11. The Bertz CT molecular complexity index is 578. The Morgan fingerprint density at radius 3 is 2.62 bits per heavy atom. The number of rotatable bonds is 7. The molecule has 0 saturated heterocycles. The minimum absolute atomic E-state index is 0.931. The fraction of sp³-hybridized carbons (Fsp3) is 0.444. The molecular formula is C18H25N3. The van der Waals surface area contributed by atoms with Gasteiger partial charge in [0.1, 0.15) is 12.1 Å². The molecule has 1 aromatic heterocycles. The molecular weight excluding hydrogens is 258 g/mol. The maximum Gasteiger partial charge on any atom is 0.133 e. The summed E-state index contributed by atoms with van der Waals surface area (Å²) >= 11 is 0. The van der Waals surface area contributed by atoms with E-state index in [0.717, 1.165) is 43.7 Å². The van der Waals surface area contributed by atoms with E-state index >= 15 is 0 Å². The van der Waals surface area contributed by atoms with Gasteiger partial charge in [-0.05, 0) is 30.9 Å². The zero-order valence-electron chi connectivity index (χ0n) is 13.3. The Balaban J connectivity index is 2.40. The van der Waals surface area contributed by atoms with Crippen LogP contribution in [0.15, 0.2) is 30.6 Å². The molecule has 1 N–H and O–H groups in total. The molecule has 21 heavy (non-hydrogen) atoms. The van der Waals surface area contributed by atoms with Gasteiger partial charge in [-0.15, -0.1) is 0 Å². The first-order valence-electron chi connectivity index (χ1n) is 7.97. The highest BCUT2D eigenvalue weighted by atomic mass is 15.0. The highest BCUT2D eigenvalue weighted by molar-refractivity contribution is 5.68. The zero-order chi connectivity index (χ0) is 15.1. The van der Waals surface area contributed by atoms with Crippen LogP contribution in [0.4, 0.5) is 5.82 Å². The lowest BCUT2D eigenvalue weighted by atomic mass is 10.0. The first-order chi connectivity index (χ1) is 10.3. The van der Waals surface area contributed by atoms with Crippen LogP contribution in [0.2, 0.25) is 0 Å². The fourth-order valence-corrected chi connectivity index (χ4v) is 2.55. The Hall–Kier alpha value is -1.90. The Kier molecular flexibility index (Phi) is 5.73. The molecule has 3 heteroatoms. The van der Waals surface area contributed by atoms with E-state index in [-0.39, 0.29) is 0 Å². The van der Waals surface area contributed by atoms with Crippen LogP contribution in [0.1, 0.15) is 44.7 Å². The van der Waals surface area contributed by atoms with Crippen molar-refractivity contribution < 1.29 is 0 Å². The van der Waals surface area contributed by atoms with Crippen molar-refractivity contribution >= 4 is 5.82 Å². The van der Waals surface area contributed by atoms with Crippen LogP contribution < -0.4 is 5.32 Å². The molecule has 0 fully saturated rings. The second kappa shape index (κ2) is 7.77. The molecule has 0 spiro atoms. The van der Waals surface area contributed by atoms with Gasteiger partial charge in [0.15, 0.2) is 0 Å². The summed E-state index contributed by atoms with van der Waals surface area (Å²) in [6.07, 6.45) is 5.96. The van der Waals surface area contributed by atoms with Crippen molar-refractivity contribution in [3.05, 3.63) is 41.7 Å². The topological polar surface area (TPSA) is 37.8 Å². The summed E-state index contributed by atoms with van der Waals surface area (Å²) in [6, 6.07) is 8.72. The van der Waals surface area contributed by atoms with Crippen molar-refractivity contribution in [2.45, 2.75) is 46.5 Å². The number of aromatic nitrogens is 2. The van der Waals surface area contributed by atoms with Crippen LogP contribution in [-0.2, 0) is 12.8 Å². The van der Waals surface area contributed by atoms with Crippen LogP contribution in [0.25, 0.3) is 11.3 Å². The molecule has 0 saturated carbocycles. The van der Waals surface area contributed by atoms with Gasteiger partial charge in [-0.3, -0.25) is 0 Å². The second-order valence-electron chi connectivity index (χ2n) is 5.28. The molecule has 112 valence electrons. The molecule has 0 atom stereocenters. The third-order valence-electron chi connectivity index (χ3n) is 3.58. The van der Waals surface area contributed by atoms with E-state index in [1.165, 1.54) is 16.7 Å². The lowest BCUT2D eigenvalue weighted by Gasteiger charge is -2.13. The average Bonchev–Trinajstić information content (AvgIpc) is 2.53. The van der Waals surface area contributed by atoms with Gasteiger partial charge in [-0.25, -0.2) is 9.97 Å². The molecule has 1 heterocycles. The van der Waals surface area contributed by atoms with Gasteiger partial charge in [-0.1, -0.05) is 45.4 Å². The third-order valence-corrected chi connectivity index (χ3v) is 3.58. The lowest BCUT2D eigenvalue weighted by Crippen LogP contribution is -2.07. The highest BCUT2D eigenvalue weighted by Crippen LogP contribution is 2.27. The van der Waals surface area contributed by atoms with Gasteiger partial charge in [0, 0.05) is 17.7 Å². The summed E-state index contributed by atoms with van der Waals surface area (Å²) in [4.78, 5) is 8.95. The van der Waals surface area contributed by atoms with E-state index in [4.69, 9.17) is 0 Å². The molecule has 0 aliphatic heterocycles. The largest absolute Gasteiger partial charge is 0.370 e. The van der Waals surface area contributed by atoms with Crippen molar-refractivity contribution in [1.82, 2.24) is 9.97 Å². The molecule has 0 amide bonds. The number of anilines is 1. The zero-order valence-corrected chi connectivity index (χ0v) is 13.3. The van der Waals surface area contributed by atoms with Crippen molar-refractivity contribution in [2.24, 2.45) is 0 Å². The van der Waals surface area contributed by atoms with E-state index < -0.39 is 0 Å². The number of nitrogens with one attached hydrogen (secondary N) is 1. The molecule has 2 rings (SSSR count). The molecule has 3 nitrogen and oxygen atoms in total. The average molecular weight is 283 g/mol. The van der Waals surface area contributed by atoms with Crippen molar-refractivity contribution in [2.75, 3.05) is 11.9 Å². The minimum atomic E-state index is 0.931. The predicted octanol–water partition coefficient (Wildman–Crippen LogP) is 4.48. The van der Waals surface area contributed by atoms with Gasteiger partial charge in [0.2, 0.25) is 0 Å². The van der Waals surface area contributed by atoms with E-state index in [9.17, 15) is 0 Å². The number of hydrogen-bond acceptors (Lipinski definition) is 3. The number of aryl methyl sites for hydroxylation is 1. The Morgan fingerprint density at radius 1 is 1.05 bits per heavy atom. The first-order valence-corrected chi connectivity index (χ1v) is 7.97. The van der Waals surface area contributed by atoms with Gasteiger partial charge in [0.25, 0.3) is 0 Å². The monoisotopic (exact) mass is 283 g/mol. The summed E-state index contributed by atoms with van der Waals surface area (Å²) in [7, 11) is 0. The molecule has 2 aromatic rings. The van der Waals surface area contributed by atoms with Crippen molar-refractivity contribution in [3.63, 3.8) is 0 Å². The smallest absolute Gasteiger partial charge is 0.133 e. The second-order valence-corrected chi connectivity index (χ2v) is 5.28. The van der Waals surface area contributed by atoms with E-state index in [1.807, 2.05) is 0 Å². The number of hydrogen-bond donors (Lipinski definition) is 1. The summed E-state index contributed by atoms with van der Waals surface area (Å²) in [6.45, 7) is 7.48. The lowest BCUT2D eigenvalue weighted by molar-refractivity contribution is 0.921. The van der Waals surface area contributed by atoms with Crippen molar-refractivity contribution in [3.8, 4) is 11.3 Å². The first kappa shape index (κ1) is 15.5. The maximum absolute atomic E-state index is 4.54. The minimum Gasteiger partial charge on any atom is -0.370 e. The Morgan fingerprint density at radius 2 is 1.90 bits per heavy atom. The molecule has 1 aromatic carbocycles. The normalized spacial score (nSPS) is 10.6. The third kappa shape index (κ3) is 3.81. The molecule has 0 bridgehead atoms. The standard InChI is InChI=1S/C18H25N3/c1-4-8-14-9-7-10-15(12-14)17-16(6-3)18(19-11-5-2)21-13-20-17/h7,9-10,12-13H,4-6,8,11H2,1-3H3,(H,19,20,21).